The Bertz CT molecular complexity index is 1200. The van der Waals surface area contributed by atoms with Gasteiger partial charge in [0.15, 0.2) is 0 Å². The van der Waals surface area contributed by atoms with E-state index in [4.69, 9.17) is 0 Å². The Balaban J connectivity index is 1.27. The maximum absolute atomic E-state index is 13.2. The van der Waals surface area contributed by atoms with Gasteiger partial charge in [-0.2, -0.15) is 0 Å². The number of nitrogens with zero attached hydrogens (tertiary/aromatic N) is 5. The van der Waals surface area contributed by atoms with Crippen molar-refractivity contribution in [2.75, 3.05) is 26.2 Å². The van der Waals surface area contributed by atoms with Crippen LogP contribution in [0, 0.1) is 13.8 Å². The average molecular weight is 399 g/mol. The summed E-state index contributed by atoms with van der Waals surface area (Å²) in [5.74, 6) is 0.0794. The first-order chi connectivity index (χ1) is 14.6. The Hall–Kier alpha value is -3.25. The number of hydrogen-bond acceptors (Lipinski definition) is 4. The van der Waals surface area contributed by atoms with Crippen LogP contribution in [0.15, 0.2) is 54.9 Å². The number of imidazole rings is 1. The molecule has 6 nitrogen and oxygen atoms in total. The summed E-state index contributed by atoms with van der Waals surface area (Å²) in [6.07, 6.45) is 4.10. The molecule has 1 saturated heterocycles. The van der Waals surface area contributed by atoms with Crippen LogP contribution in [0.1, 0.15) is 27.3 Å². The summed E-state index contributed by atoms with van der Waals surface area (Å²) < 4.78 is 2.05. The second-order valence-electron chi connectivity index (χ2n) is 8.08. The van der Waals surface area contributed by atoms with Crippen LogP contribution in [0.2, 0.25) is 0 Å². The summed E-state index contributed by atoms with van der Waals surface area (Å²) in [5, 5.41) is 1.02. The molecular weight excluding hydrogens is 374 g/mol. The van der Waals surface area contributed by atoms with Crippen LogP contribution >= 0.6 is 0 Å². The molecule has 1 aliphatic rings. The van der Waals surface area contributed by atoms with Crippen LogP contribution in [0.25, 0.3) is 16.6 Å². The predicted molar refractivity (Wildman–Crippen MR) is 118 cm³/mol. The number of piperazine rings is 1. The first kappa shape index (κ1) is 18.8. The lowest BCUT2D eigenvalue weighted by Gasteiger charge is -2.34. The van der Waals surface area contributed by atoms with Crippen molar-refractivity contribution >= 4 is 22.5 Å². The molecule has 6 heteroatoms. The second kappa shape index (κ2) is 7.54. The molecule has 0 atom stereocenters. The van der Waals surface area contributed by atoms with Crippen molar-refractivity contribution in [3.63, 3.8) is 0 Å². The van der Waals surface area contributed by atoms with E-state index >= 15 is 0 Å². The molecule has 0 N–H and O–H groups in total. The zero-order chi connectivity index (χ0) is 20.7. The fourth-order valence-corrected chi connectivity index (χ4v) is 4.18. The van der Waals surface area contributed by atoms with Gasteiger partial charge in [0.05, 0.1) is 22.5 Å². The fraction of sp³-hybridized carbons (Fsp3) is 0.292. The number of aromatic nitrogens is 3. The van der Waals surface area contributed by atoms with Gasteiger partial charge in [-0.25, -0.2) is 4.98 Å². The van der Waals surface area contributed by atoms with Gasteiger partial charge in [-0.05, 0) is 44.2 Å². The Morgan fingerprint density at radius 3 is 2.63 bits per heavy atom. The maximum Gasteiger partial charge on any atom is 0.255 e. The van der Waals surface area contributed by atoms with Crippen LogP contribution in [0.5, 0.6) is 0 Å². The summed E-state index contributed by atoms with van der Waals surface area (Å²) in [5.41, 5.74) is 5.64. The standard InChI is InChI=1S/C24H25N5O/c1-17-6-7-22-19(13-17)14-21(18(2)25-22)24(30)28-11-9-27(10-12-28)15-20-16-29-8-4-3-5-23(29)26-20/h3-8,13-14,16H,9-12,15H2,1-2H3. The minimum absolute atomic E-state index is 0.0794. The van der Waals surface area contributed by atoms with Gasteiger partial charge >= 0.3 is 0 Å². The number of carbonyl (C=O) groups excluding carboxylic acids is 1. The van der Waals surface area contributed by atoms with Gasteiger partial charge in [-0.15, -0.1) is 0 Å². The van der Waals surface area contributed by atoms with E-state index in [1.54, 1.807) is 0 Å². The summed E-state index contributed by atoms with van der Waals surface area (Å²) in [4.78, 5) is 26.8. The molecule has 152 valence electrons. The van der Waals surface area contributed by atoms with E-state index in [9.17, 15) is 4.79 Å². The minimum Gasteiger partial charge on any atom is -0.336 e. The summed E-state index contributed by atoms with van der Waals surface area (Å²) in [6.45, 7) is 7.92. The first-order valence-electron chi connectivity index (χ1n) is 10.4. The van der Waals surface area contributed by atoms with Crippen molar-refractivity contribution in [3.8, 4) is 0 Å². The van der Waals surface area contributed by atoms with E-state index in [1.165, 1.54) is 5.56 Å². The van der Waals surface area contributed by atoms with E-state index in [0.29, 0.717) is 5.56 Å². The Kier molecular flexibility index (Phi) is 4.71. The predicted octanol–water partition coefficient (Wildman–Crippen LogP) is 3.46. The van der Waals surface area contributed by atoms with E-state index in [2.05, 4.69) is 40.1 Å². The van der Waals surface area contributed by atoms with Crippen molar-refractivity contribution in [2.45, 2.75) is 20.4 Å². The SMILES string of the molecule is Cc1ccc2nc(C)c(C(=O)N3CCN(Cc4cn5ccccc5n4)CC3)cc2c1. The van der Waals surface area contributed by atoms with Gasteiger partial charge in [-0.1, -0.05) is 17.7 Å². The van der Waals surface area contributed by atoms with Crippen molar-refractivity contribution in [1.29, 1.82) is 0 Å². The lowest BCUT2D eigenvalue weighted by Crippen LogP contribution is -2.48. The molecule has 0 saturated carbocycles. The molecule has 5 rings (SSSR count). The highest BCUT2D eigenvalue weighted by Gasteiger charge is 2.24. The molecule has 1 aliphatic heterocycles. The lowest BCUT2D eigenvalue weighted by molar-refractivity contribution is 0.0626. The smallest absolute Gasteiger partial charge is 0.255 e. The molecule has 1 aromatic carbocycles. The Morgan fingerprint density at radius 1 is 1.00 bits per heavy atom. The average Bonchev–Trinajstić information content (AvgIpc) is 3.16. The molecule has 4 heterocycles. The van der Waals surface area contributed by atoms with E-state index in [-0.39, 0.29) is 5.91 Å². The summed E-state index contributed by atoms with van der Waals surface area (Å²) >= 11 is 0. The normalized spacial score (nSPS) is 15.2. The molecule has 30 heavy (non-hydrogen) atoms. The Labute approximate surface area is 175 Å². The van der Waals surface area contributed by atoms with Gasteiger partial charge in [0.25, 0.3) is 5.91 Å². The lowest BCUT2D eigenvalue weighted by atomic mass is 10.1. The number of carbonyl (C=O) groups is 1. The molecule has 1 amide bonds. The number of fused-ring (bicyclic) bond motifs is 2. The highest BCUT2D eigenvalue weighted by molar-refractivity contribution is 5.98. The van der Waals surface area contributed by atoms with Gasteiger partial charge in [-0.3, -0.25) is 14.7 Å². The summed E-state index contributed by atoms with van der Waals surface area (Å²) in [6, 6.07) is 14.2. The zero-order valence-corrected chi connectivity index (χ0v) is 17.4. The monoisotopic (exact) mass is 399 g/mol. The third kappa shape index (κ3) is 3.55. The van der Waals surface area contributed by atoms with Crippen molar-refractivity contribution in [3.05, 3.63) is 77.4 Å². The largest absolute Gasteiger partial charge is 0.336 e. The van der Waals surface area contributed by atoms with Crippen molar-refractivity contribution in [1.82, 2.24) is 24.2 Å². The topological polar surface area (TPSA) is 53.7 Å². The first-order valence-corrected chi connectivity index (χ1v) is 10.4. The molecule has 4 aromatic rings. The number of rotatable bonds is 3. The van der Waals surface area contributed by atoms with E-state index in [1.807, 2.05) is 52.8 Å². The molecule has 0 unspecified atom stereocenters. The van der Waals surface area contributed by atoms with E-state index < -0.39 is 0 Å². The minimum atomic E-state index is 0.0794. The zero-order valence-electron chi connectivity index (χ0n) is 17.4. The number of benzene rings is 1. The third-order valence-corrected chi connectivity index (χ3v) is 5.85. The molecule has 0 aliphatic carbocycles. The van der Waals surface area contributed by atoms with Crippen LogP contribution in [-0.2, 0) is 6.54 Å². The number of pyridine rings is 2. The number of aryl methyl sites for hydroxylation is 2. The summed E-state index contributed by atoms with van der Waals surface area (Å²) in [7, 11) is 0. The molecule has 0 radical (unpaired) electrons. The highest BCUT2D eigenvalue weighted by atomic mass is 16.2. The van der Waals surface area contributed by atoms with Crippen molar-refractivity contribution < 1.29 is 4.79 Å². The third-order valence-electron chi connectivity index (χ3n) is 5.85. The molecule has 0 bridgehead atoms. The molecular formula is C24H25N5O. The molecule has 0 spiro atoms. The second-order valence-corrected chi connectivity index (χ2v) is 8.08. The maximum atomic E-state index is 13.2. The van der Waals surface area contributed by atoms with Crippen molar-refractivity contribution in [2.24, 2.45) is 0 Å². The highest BCUT2D eigenvalue weighted by Crippen LogP contribution is 2.20. The molecule has 3 aromatic heterocycles. The Morgan fingerprint density at radius 2 is 1.83 bits per heavy atom. The van der Waals surface area contributed by atoms with Crippen LogP contribution < -0.4 is 0 Å². The van der Waals surface area contributed by atoms with Gasteiger partial charge < -0.3 is 9.30 Å². The van der Waals surface area contributed by atoms with E-state index in [0.717, 1.165) is 60.7 Å². The van der Waals surface area contributed by atoms with Gasteiger partial charge in [0, 0.05) is 50.5 Å². The van der Waals surface area contributed by atoms with Crippen LogP contribution in [0.4, 0.5) is 0 Å². The fourth-order valence-electron chi connectivity index (χ4n) is 4.18. The van der Waals surface area contributed by atoms with Gasteiger partial charge in [0.1, 0.15) is 5.65 Å². The van der Waals surface area contributed by atoms with Crippen LogP contribution in [-0.4, -0.2) is 56.3 Å². The molecule has 1 fully saturated rings. The number of hydrogen-bond donors (Lipinski definition) is 0. The van der Waals surface area contributed by atoms with Crippen LogP contribution in [0.3, 0.4) is 0 Å². The quantitative estimate of drug-likeness (QED) is 0.529. The van der Waals surface area contributed by atoms with Gasteiger partial charge in [0.2, 0.25) is 0 Å². The number of amides is 1.